The Morgan fingerprint density at radius 3 is 2.54 bits per heavy atom. The summed E-state index contributed by atoms with van der Waals surface area (Å²) in [6, 6.07) is 3.01. The molecule has 1 N–H and O–H groups in total. The number of hydrogen-bond donors (Lipinski definition) is 1. The van der Waals surface area contributed by atoms with Crippen molar-refractivity contribution in [3.05, 3.63) is 28.7 Å². The monoisotopic (exact) mass is 183 g/mol. The van der Waals surface area contributed by atoms with Crippen LogP contribution in [0, 0.1) is 0 Å². The third-order valence-corrected chi connectivity index (χ3v) is 1.04. The zero-order valence-corrected chi connectivity index (χ0v) is 7.96. The standard InChI is InChI=1S/C7H7NO3.C2H6/c1-5(9)11-6-3-2-4-8-7(6)10;1-2/h2-4H,1H3,(H,8,10);1-2H3. The smallest absolute Gasteiger partial charge is 0.308 e. The predicted molar refractivity (Wildman–Crippen MR) is 49.7 cm³/mol. The minimum atomic E-state index is -0.498. The first kappa shape index (κ1) is 11.4. The molecule has 72 valence electrons. The molecule has 4 heteroatoms. The molecular weight excluding hydrogens is 170 g/mol. The van der Waals surface area contributed by atoms with E-state index < -0.39 is 11.5 Å². The van der Waals surface area contributed by atoms with Gasteiger partial charge in [-0.3, -0.25) is 9.59 Å². The Morgan fingerprint density at radius 2 is 2.08 bits per heavy atom. The molecule has 0 amide bonds. The topological polar surface area (TPSA) is 59.2 Å². The number of pyridine rings is 1. The molecule has 0 bridgehead atoms. The number of nitrogens with one attached hydrogen (secondary N) is 1. The number of aromatic nitrogens is 1. The molecule has 0 unspecified atom stereocenters. The van der Waals surface area contributed by atoms with Crippen LogP contribution in [0.3, 0.4) is 0 Å². The molecule has 1 rings (SSSR count). The quantitative estimate of drug-likeness (QED) is 0.668. The molecule has 0 atom stereocenters. The summed E-state index contributed by atoms with van der Waals surface area (Å²) >= 11 is 0. The van der Waals surface area contributed by atoms with Gasteiger partial charge in [-0.15, -0.1) is 0 Å². The van der Waals surface area contributed by atoms with E-state index in [9.17, 15) is 9.59 Å². The Balaban J connectivity index is 0.000000671. The maximum Gasteiger partial charge on any atom is 0.308 e. The van der Waals surface area contributed by atoms with E-state index in [1.54, 1.807) is 6.07 Å². The normalized spacial score (nSPS) is 8.23. The number of carbonyl (C=O) groups is 1. The van der Waals surface area contributed by atoms with Crippen molar-refractivity contribution in [1.82, 2.24) is 4.98 Å². The van der Waals surface area contributed by atoms with Crippen molar-refractivity contribution in [1.29, 1.82) is 0 Å². The van der Waals surface area contributed by atoms with Gasteiger partial charge in [0.05, 0.1) is 0 Å². The average molecular weight is 183 g/mol. The molecule has 0 aliphatic rings. The second kappa shape index (κ2) is 5.99. The van der Waals surface area contributed by atoms with Crippen LogP contribution < -0.4 is 10.3 Å². The molecule has 0 saturated heterocycles. The highest BCUT2D eigenvalue weighted by Gasteiger charge is 2.00. The minimum absolute atomic E-state index is 0.0278. The van der Waals surface area contributed by atoms with E-state index in [4.69, 9.17) is 0 Å². The van der Waals surface area contributed by atoms with Crippen molar-refractivity contribution in [2.45, 2.75) is 20.8 Å². The van der Waals surface area contributed by atoms with Crippen LogP contribution in [0.15, 0.2) is 23.1 Å². The summed E-state index contributed by atoms with van der Waals surface area (Å²) in [5.41, 5.74) is -0.400. The molecule has 0 saturated carbocycles. The van der Waals surface area contributed by atoms with Gasteiger partial charge in [-0.1, -0.05) is 13.8 Å². The number of carbonyl (C=O) groups excluding carboxylic acids is 1. The van der Waals surface area contributed by atoms with Crippen molar-refractivity contribution in [3.63, 3.8) is 0 Å². The first-order valence-electron chi connectivity index (χ1n) is 4.06. The summed E-state index contributed by atoms with van der Waals surface area (Å²) < 4.78 is 4.56. The van der Waals surface area contributed by atoms with E-state index in [-0.39, 0.29) is 5.75 Å². The summed E-state index contributed by atoms with van der Waals surface area (Å²) in [4.78, 5) is 23.6. The molecule has 0 aliphatic carbocycles. The van der Waals surface area contributed by atoms with Gasteiger partial charge in [0.25, 0.3) is 5.56 Å². The summed E-state index contributed by atoms with van der Waals surface area (Å²) in [6.45, 7) is 5.24. The van der Waals surface area contributed by atoms with Crippen molar-refractivity contribution in [2.75, 3.05) is 0 Å². The van der Waals surface area contributed by atoms with E-state index >= 15 is 0 Å². The fourth-order valence-electron chi connectivity index (χ4n) is 0.641. The van der Waals surface area contributed by atoms with Crippen LogP contribution in [-0.4, -0.2) is 11.0 Å². The highest BCUT2D eigenvalue weighted by Crippen LogP contribution is 1.98. The summed E-state index contributed by atoms with van der Waals surface area (Å²) in [7, 11) is 0. The Kier molecular flexibility index (Phi) is 5.27. The van der Waals surface area contributed by atoms with Crippen LogP contribution in [0.4, 0.5) is 0 Å². The largest absolute Gasteiger partial charge is 0.421 e. The average Bonchev–Trinajstić information content (AvgIpc) is 2.12. The van der Waals surface area contributed by atoms with E-state index in [0.717, 1.165) is 0 Å². The molecule has 1 aromatic rings. The maximum absolute atomic E-state index is 10.8. The first-order chi connectivity index (χ1) is 6.20. The molecule has 0 spiro atoms. The lowest BCUT2D eigenvalue weighted by molar-refractivity contribution is -0.131. The predicted octanol–water partition coefficient (Wildman–Crippen LogP) is 1.33. The fourth-order valence-corrected chi connectivity index (χ4v) is 0.641. The highest BCUT2D eigenvalue weighted by molar-refractivity contribution is 5.68. The van der Waals surface area contributed by atoms with E-state index in [1.807, 2.05) is 13.8 Å². The molecule has 0 aliphatic heterocycles. The maximum atomic E-state index is 10.8. The summed E-state index contributed by atoms with van der Waals surface area (Å²) in [5.74, 6) is -0.471. The Labute approximate surface area is 76.6 Å². The highest BCUT2D eigenvalue weighted by atomic mass is 16.5. The zero-order chi connectivity index (χ0) is 10.3. The molecule has 13 heavy (non-hydrogen) atoms. The van der Waals surface area contributed by atoms with Crippen molar-refractivity contribution < 1.29 is 9.53 Å². The van der Waals surface area contributed by atoms with Crippen molar-refractivity contribution in [2.24, 2.45) is 0 Å². The van der Waals surface area contributed by atoms with E-state index in [1.165, 1.54) is 19.2 Å². The lowest BCUT2D eigenvalue weighted by atomic mass is 10.4. The Bertz CT molecular complexity index is 317. The van der Waals surface area contributed by atoms with Crippen LogP contribution in [0.5, 0.6) is 5.75 Å². The van der Waals surface area contributed by atoms with Gasteiger partial charge in [0.2, 0.25) is 0 Å². The molecule has 0 fully saturated rings. The van der Waals surface area contributed by atoms with Crippen molar-refractivity contribution >= 4 is 5.97 Å². The van der Waals surface area contributed by atoms with Gasteiger partial charge in [-0.25, -0.2) is 0 Å². The number of H-pyrrole nitrogens is 1. The van der Waals surface area contributed by atoms with Crippen LogP contribution >= 0.6 is 0 Å². The molecular formula is C9H13NO3. The van der Waals surface area contributed by atoms with Gasteiger partial charge in [0, 0.05) is 13.1 Å². The second-order valence-electron chi connectivity index (χ2n) is 1.96. The van der Waals surface area contributed by atoms with Crippen molar-refractivity contribution in [3.8, 4) is 5.75 Å². The van der Waals surface area contributed by atoms with Crippen LogP contribution in [0.25, 0.3) is 0 Å². The van der Waals surface area contributed by atoms with Gasteiger partial charge >= 0.3 is 5.97 Å². The Hall–Kier alpha value is -1.58. The van der Waals surface area contributed by atoms with Gasteiger partial charge < -0.3 is 9.72 Å². The fraction of sp³-hybridized carbons (Fsp3) is 0.333. The number of rotatable bonds is 1. The molecule has 1 aromatic heterocycles. The Morgan fingerprint density at radius 1 is 1.46 bits per heavy atom. The number of ether oxygens (including phenoxy) is 1. The molecule has 0 aromatic carbocycles. The lowest BCUT2D eigenvalue weighted by Gasteiger charge is -1.96. The van der Waals surface area contributed by atoms with Crippen LogP contribution in [0.1, 0.15) is 20.8 Å². The molecule has 4 nitrogen and oxygen atoms in total. The van der Waals surface area contributed by atoms with Crippen LogP contribution in [-0.2, 0) is 4.79 Å². The van der Waals surface area contributed by atoms with Gasteiger partial charge in [-0.05, 0) is 12.1 Å². The van der Waals surface area contributed by atoms with E-state index in [0.29, 0.717) is 0 Å². The molecule has 1 heterocycles. The second-order valence-corrected chi connectivity index (χ2v) is 1.96. The van der Waals surface area contributed by atoms with Gasteiger partial charge in [0.15, 0.2) is 5.75 Å². The van der Waals surface area contributed by atoms with E-state index in [2.05, 4.69) is 9.72 Å². The van der Waals surface area contributed by atoms with Gasteiger partial charge in [-0.2, -0.15) is 0 Å². The lowest BCUT2D eigenvalue weighted by Crippen LogP contribution is -2.12. The summed E-state index contributed by atoms with van der Waals surface area (Å²) in [6.07, 6.45) is 1.47. The molecule has 0 radical (unpaired) electrons. The number of hydrogen-bond acceptors (Lipinski definition) is 3. The minimum Gasteiger partial charge on any atom is -0.421 e. The van der Waals surface area contributed by atoms with Gasteiger partial charge in [0.1, 0.15) is 0 Å². The third-order valence-electron chi connectivity index (χ3n) is 1.04. The third kappa shape index (κ3) is 4.10. The zero-order valence-electron chi connectivity index (χ0n) is 7.96. The first-order valence-corrected chi connectivity index (χ1v) is 4.06. The number of aromatic amines is 1. The SMILES string of the molecule is CC.CC(=O)Oc1ccc[nH]c1=O. The summed E-state index contributed by atoms with van der Waals surface area (Å²) in [5, 5.41) is 0. The number of esters is 1. The van der Waals surface area contributed by atoms with Crippen LogP contribution in [0.2, 0.25) is 0 Å².